The van der Waals surface area contributed by atoms with Gasteiger partial charge in [0.1, 0.15) is 0 Å². The van der Waals surface area contributed by atoms with Crippen LogP contribution in [0.2, 0.25) is 0 Å². The third-order valence-corrected chi connectivity index (χ3v) is 4.58. The van der Waals surface area contributed by atoms with Crippen LogP contribution in [0, 0.1) is 5.92 Å². The van der Waals surface area contributed by atoms with Gasteiger partial charge in [0.15, 0.2) is 0 Å². The number of nitrogens with zero attached hydrogens (tertiary/aromatic N) is 1. The summed E-state index contributed by atoms with van der Waals surface area (Å²) < 4.78 is 0. The van der Waals surface area contributed by atoms with E-state index >= 15 is 0 Å². The van der Waals surface area contributed by atoms with E-state index in [1.807, 2.05) is 12.1 Å². The number of nitrogens with one attached hydrogen (secondary N) is 1. The Labute approximate surface area is 126 Å². The van der Waals surface area contributed by atoms with Crippen LogP contribution in [0.4, 0.5) is 5.69 Å². The monoisotopic (exact) mass is 287 g/mol. The summed E-state index contributed by atoms with van der Waals surface area (Å²) in [7, 11) is 0. The predicted octanol–water partition coefficient (Wildman–Crippen LogP) is 2.14. The van der Waals surface area contributed by atoms with Crippen LogP contribution in [0.1, 0.15) is 42.5 Å². The van der Waals surface area contributed by atoms with E-state index in [1.165, 1.54) is 37.8 Å². The molecule has 21 heavy (non-hydrogen) atoms. The number of carbonyl (C=O) groups excluding carboxylic acids is 1. The molecule has 4 nitrogen and oxygen atoms in total. The SMILES string of the molecule is NC(CNC(=O)c1ccc(N2CCCCC2)cc1)C1CC1. The Balaban J connectivity index is 1.53. The van der Waals surface area contributed by atoms with E-state index in [9.17, 15) is 4.79 Å². The molecule has 0 bridgehead atoms. The van der Waals surface area contributed by atoms with Crippen LogP contribution in [0.25, 0.3) is 0 Å². The lowest BCUT2D eigenvalue weighted by atomic mass is 10.1. The molecule has 0 spiro atoms. The van der Waals surface area contributed by atoms with E-state index in [0.29, 0.717) is 12.5 Å². The third-order valence-electron chi connectivity index (χ3n) is 4.58. The maximum absolute atomic E-state index is 12.1. The first kappa shape index (κ1) is 14.4. The van der Waals surface area contributed by atoms with Gasteiger partial charge in [0.05, 0.1) is 0 Å². The molecule has 114 valence electrons. The highest BCUT2D eigenvalue weighted by Gasteiger charge is 2.28. The van der Waals surface area contributed by atoms with Crippen molar-refractivity contribution < 1.29 is 4.79 Å². The Bertz CT molecular complexity index is 475. The van der Waals surface area contributed by atoms with Crippen LogP contribution in [0.5, 0.6) is 0 Å². The van der Waals surface area contributed by atoms with Gasteiger partial charge in [0.2, 0.25) is 0 Å². The fourth-order valence-electron chi connectivity index (χ4n) is 2.98. The predicted molar refractivity (Wildman–Crippen MR) is 85.5 cm³/mol. The van der Waals surface area contributed by atoms with Crippen molar-refractivity contribution in [3.8, 4) is 0 Å². The molecule has 1 amide bonds. The first-order valence-electron chi connectivity index (χ1n) is 8.13. The molecular formula is C17H25N3O. The summed E-state index contributed by atoms with van der Waals surface area (Å²) in [6, 6.07) is 8.06. The topological polar surface area (TPSA) is 58.4 Å². The van der Waals surface area contributed by atoms with Crippen LogP contribution in [-0.4, -0.2) is 31.6 Å². The van der Waals surface area contributed by atoms with Crippen molar-refractivity contribution in [3.63, 3.8) is 0 Å². The maximum atomic E-state index is 12.1. The summed E-state index contributed by atoms with van der Waals surface area (Å²) in [6.07, 6.45) is 6.28. The van der Waals surface area contributed by atoms with Crippen molar-refractivity contribution >= 4 is 11.6 Å². The molecule has 1 saturated carbocycles. The van der Waals surface area contributed by atoms with E-state index in [0.717, 1.165) is 18.7 Å². The number of anilines is 1. The molecular weight excluding hydrogens is 262 g/mol. The minimum Gasteiger partial charge on any atom is -0.372 e. The molecule has 3 N–H and O–H groups in total. The van der Waals surface area contributed by atoms with E-state index in [1.54, 1.807) is 0 Å². The van der Waals surface area contributed by atoms with E-state index in [2.05, 4.69) is 22.3 Å². The Morgan fingerprint density at radius 3 is 2.48 bits per heavy atom. The molecule has 1 saturated heterocycles. The molecule has 2 aliphatic rings. The van der Waals surface area contributed by atoms with E-state index in [-0.39, 0.29) is 11.9 Å². The van der Waals surface area contributed by atoms with Gasteiger partial charge in [-0.1, -0.05) is 0 Å². The smallest absolute Gasteiger partial charge is 0.251 e. The van der Waals surface area contributed by atoms with Crippen molar-refractivity contribution in [1.29, 1.82) is 0 Å². The second-order valence-electron chi connectivity index (χ2n) is 6.31. The van der Waals surface area contributed by atoms with Gasteiger partial charge in [-0.05, 0) is 62.3 Å². The number of benzene rings is 1. The first-order valence-corrected chi connectivity index (χ1v) is 8.13. The van der Waals surface area contributed by atoms with Crippen LogP contribution >= 0.6 is 0 Å². The summed E-state index contributed by atoms with van der Waals surface area (Å²) in [5.41, 5.74) is 7.95. The van der Waals surface area contributed by atoms with E-state index < -0.39 is 0 Å². The summed E-state index contributed by atoms with van der Waals surface area (Å²) in [5, 5.41) is 2.94. The molecule has 2 fully saturated rings. The number of amides is 1. The molecule has 4 heteroatoms. The van der Waals surface area contributed by atoms with Crippen molar-refractivity contribution in [3.05, 3.63) is 29.8 Å². The van der Waals surface area contributed by atoms with Crippen molar-refractivity contribution in [2.45, 2.75) is 38.1 Å². The van der Waals surface area contributed by atoms with Crippen molar-refractivity contribution in [2.24, 2.45) is 11.7 Å². The lowest BCUT2D eigenvalue weighted by molar-refractivity contribution is 0.0950. The van der Waals surface area contributed by atoms with Gasteiger partial charge in [-0.3, -0.25) is 4.79 Å². The highest BCUT2D eigenvalue weighted by Crippen LogP contribution is 2.31. The fourth-order valence-corrected chi connectivity index (χ4v) is 2.98. The summed E-state index contributed by atoms with van der Waals surface area (Å²) in [5.74, 6) is 0.600. The van der Waals surface area contributed by atoms with Crippen molar-refractivity contribution in [1.82, 2.24) is 5.32 Å². The van der Waals surface area contributed by atoms with Gasteiger partial charge < -0.3 is 16.0 Å². The Kier molecular flexibility index (Phi) is 4.44. The lowest BCUT2D eigenvalue weighted by Crippen LogP contribution is -2.38. The first-order chi connectivity index (χ1) is 10.2. The molecule has 1 aliphatic carbocycles. The van der Waals surface area contributed by atoms with Gasteiger partial charge in [-0.15, -0.1) is 0 Å². The highest BCUT2D eigenvalue weighted by molar-refractivity contribution is 5.94. The normalized spacial score (nSPS) is 20.1. The number of hydrogen-bond donors (Lipinski definition) is 2. The summed E-state index contributed by atoms with van der Waals surface area (Å²) >= 11 is 0. The molecule has 3 rings (SSSR count). The molecule has 1 unspecified atom stereocenters. The number of carbonyl (C=O) groups is 1. The molecule has 1 aliphatic heterocycles. The number of nitrogens with two attached hydrogens (primary N) is 1. The van der Waals surface area contributed by atoms with Gasteiger partial charge >= 0.3 is 0 Å². The zero-order chi connectivity index (χ0) is 14.7. The Morgan fingerprint density at radius 1 is 1.19 bits per heavy atom. The Morgan fingerprint density at radius 2 is 1.86 bits per heavy atom. The third kappa shape index (κ3) is 3.76. The Hall–Kier alpha value is -1.55. The summed E-state index contributed by atoms with van der Waals surface area (Å²) in [4.78, 5) is 14.5. The molecule has 1 aromatic carbocycles. The summed E-state index contributed by atoms with van der Waals surface area (Å²) in [6.45, 7) is 2.83. The number of piperidine rings is 1. The second kappa shape index (κ2) is 6.48. The number of rotatable bonds is 5. The average Bonchev–Trinajstić information content (AvgIpc) is 3.38. The van der Waals surface area contributed by atoms with Gasteiger partial charge in [-0.2, -0.15) is 0 Å². The molecule has 0 radical (unpaired) electrons. The zero-order valence-corrected chi connectivity index (χ0v) is 12.6. The van der Waals surface area contributed by atoms with Crippen molar-refractivity contribution in [2.75, 3.05) is 24.5 Å². The van der Waals surface area contributed by atoms with Crippen LogP contribution in [0.15, 0.2) is 24.3 Å². The van der Waals surface area contributed by atoms with Crippen LogP contribution in [-0.2, 0) is 0 Å². The highest BCUT2D eigenvalue weighted by atomic mass is 16.1. The van der Waals surface area contributed by atoms with E-state index in [4.69, 9.17) is 5.73 Å². The standard InChI is InChI=1S/C17H25N3O/c18-16(13-4-5-13)12-19-17(21)14-6-8-15(9-7-14)20-10-2-1-3-11-20/h6-9,13,16H,1-5,10-12,18H2,(H,19,21). The largest absolute Gasteiger partial charge is 0.372 e. The average molecular weight is 287 g/mol. The minimum atomic E-state index is -0.0173. The lowest BCUT2D eigenvalue weighted by Gasteiger charge is -2.28. The molecule has 1 heterocycles. The molecule has 1 atom stereocenters. The number of hydrogen-bond acceptors (Lipinski definition) is 3. The van der Waals surface area contributed by atoms with Gasteiger partial charge in [-0.25, -0.2) is 0 Å². The van der Waals surface area contributed by atoms with Gasteiger partial charge in [0, 0.05) is 36.9 Å². The zero-order valence-electron chi connectivity index (χ0n) is 12.6. The van der Waals surface area contributed by atoms with Crippen LogP contribution in [0.3, 0.4) is 0 Å². The maximum Gasteiger partial charge on any atom is 0.251 e. The fraction of sp³-hybridized carbons (Fsp3) is 0.588. The second-order valence-corrected chi connectivity index (χ2v) is 6.31. The van der Waals surface area contributed by atoms with Gasteiger partial charge in [0.25, 0.3) is 5.91 Å². The molecule has 1 aromatic rings. The minimum absolute atomic E-state index is 0.0173. The molecule has 0 aromatic heterocycles. The van der Waals surface area contributed by atoms with Crippen LogP contribution < -0.4 is 16.0 Å². The quantitative estimate of drug-likeness (QED) is 0.872.